The minimum absolute atomic E-state index is 0.0811. The van der Waals surface area contributed by atoms with Gasteiger partial charge in [0.15, 0.2) is 6.61 Å². The monoisotopic (exact) mass is 415 g/mol. The SMILES string of the molecule is Cc1ccc(NC(=O)COC(=O)CSc2nc(C)nc3sc(C)c(C)c23)cc1. The number of ether oxygens (including phenoxy) is 1. The molecule has 1 amide bonds. The summed E-state index contributed by atoms with van der Waals surface area (Å²) in [5.74, 6) is -0.0792. The number of nitrogens with one attached hydrogen (secondary N) is 1. The molecule has 0 bridgehead atoms. The van der Waals surface area contributed by atoms with E-state index in [0.29, 0.717) is 11.5 Å². The molecular formula is C20H21N3O3S2. The summed E-state index contributed by atoms with van der Waals surface area (Å²) in [6.45, 7) is 7.57. The average Bonchev–Trinajstić information content (AvgIpc) is 2.93. The van der Waals surface area contributed by atoms with Gasteiger partial charge < -0.3 is 10.1 Å². The van der Waals surface area contributed by atoms with Crippen LogP contribution < -0.4 is 5.32 Å². The minimum Gasteiger partial charge on any atom is -0.455 e. The van der Waals surface area contributed by atoms with Crippen molar-refractivity contribution in [2.45, 2.75) is 32.7 Å². The third-order valence-electron chi connectivity index (χ3n) is 4.13. The van der Waals surface area contributed by atoms with Crippen molar-refractivity contribution in [2.24, 2.45) is 0 Å². The van der Waals surface area contributed by atoms with E-state index in [4.69, 9.17) is 4.74 Å². The van der Waals surface area contributed by atoms with Gasteiger partial charge in [-0.25, -0.2) is 9.97 Å². The van der Waals surface area contributed by atoms with Crippen LogP contribution in [0.25, 0.3) is 10.2 Å². The Balaban J connectivity index is 1.55. The number of thioether (sulfide) groups is 1. The summed E-state index contributed by atoms with van der Waals surface area (Å²) in [7, 11) is 0. The van der Waals surface area contributed by atoms with Crippen LogP contribution in [-0.4, -0.2) is 34.2 Å². The maximum atomic E-state index is 12.1. The Labute approximate surface area is 171 Å². The zero-order valence-corrected chi connectivity index (χ0v) is 17.8. The van der Waals surface area contributed by atoms with Gasteiger partial charge in [-0.05, 0) is 45.4 Å². The number of fused-ring (bicyclic) bond motifs is 1. The van der Waals surface area contributed by atoms with Gasteiger partial charge >= 0.3 is 5.97 Å². The Morgan fingerprint density at radius 2 is 1.82 bits per heavy atom. The van der Waals surface area contributed by atoms with Gasteiger partial charge in [-0.3, -0.25) is 9.59 Å². The van der Waals surface area contributed by atoms with Gasteiger partial charge in [0, 0.05) is 16.0 Å². The predicted molar refractivity (Wildman–Crippen MR) is 113 cm³/mol. The first-order chi connectivity index (χ1) is 13.3. The predicted octanol–water partition coefficient (Wildman–Crippen LogP) is 4.20. The van der Waals surface area contributed by atoms with E-state index >= 15 is 0 Å². The van der Waals surface area contributed by atoms with Crippen LogP contribution in [-0.2, 0) is 14.3 Å². The second kappa shape index (κ2) is 8.70. The lowest BCUT2D eigenvalue weighted by molar-refractivity contribution is -0.144. The lowest BCUT2D eigenvalue weighted by Crippen LogP contribution is -2.21. The molecule has 146 valence electrons. The highest BCUT2D eigenvalue weighted by atomic mass is 32.2. The Morgan fingerprint density at radius 3 is 2.54 bits per heavy atom. The highest BCUT2D eigenvalue weighted by Gasteiger charge is 2.16. The van der Waals surface area contributed by atoms with Crippen LogP contribution in [0.4, 0.5) is 5.69 Å². The third kappa shape index (κ3) is 4.88. The standard InChI is InChI=1S/C20H21N3O3S2/c1-11-5-7-15(8-6-11)23-16(24)9-26-17(25)10-27-19-18-12(2)13(3)28-20(18)22-14(4)21-19/h5-8H,9-10H2,1-4H3,(H,23,24). The summed E-state index contributed by atoms with van der Waals surface area (Å²) < 4.78 is 5.09. The summed E-state index contributed by atoms with van der Waals surface area (Å²) in [6.07, 6.45) is 0. The zero-order valence-electron chi connectivity index (χ0n) is 16.2. The number of carbonyl (C=O) groups is 2. The molecule has 0 radical (unpaired) electrons. The number of aryl methyl sites for hydroxylation is 4. The Kier molecular flexibility index (Phi) is 6.31. The van der Waals surface area contributed by atoms with Gasteiger partial charge in [0.2, 0.25) is 0 Å². The van der Waals surface area contributed by atoms with E-state index in [2.05, 4.69) is 15.3 Å². The first-order valence-corrected chi connectivity index (χ1v) is 10.5. The number of esters is 1. The first kappa shape index (κ1) is 20.3. The fourth-order valence-electron chi connectivity index (χ4n) is 2.57. The number of hydrogen-bond acceptors (Lipinski definition) is 7. The summed E-state index contributed by atoms with van der Waals surface area (Å²) in [4.78, 5) is 35.1. The summed E-state index contributed by atoms with van der Waals surface area (Å²) in [6, 6.07) is 7.41. The van der Waals surface area contributed by atoms with E-state index in [-0.39, 0.29) is 18.3 Å². The molecule has 1 aromatic carbocycles. The molecule has 1 N–H and O–H groups in total. The molecule has 6 nitrogen and oxygen atoms in total. The molecule has 8 heteroatoms. The topological polar surface area (TPSA) is 81.2 Å². The van der Waals surface area contributed by atoms with Crippen LogP contribution in [0.2, 0.25) is 0 Å². The fourth-order valence-corrected chi connectivity index (χ4v) is 4.64. The Hall–Kier alpha value is -2.45. The molecule has 0 aliphatic carbocycles. The summed E-state index contributed by atoms with van der Waals surface area (Å²) in [5.41, 5.74) is 2.91. The van der Waals surface area contributed by atoms with Crippen LogP contribution in [0.1, 0.15) is 21.8 Å². The fraction of sp³-hybridized carbons (Fsp3) is 0.300. The number of nitrogens with zero attached hydrogens (tertiary/aromatic N) is 2. The number of amides is 1. The maximum absolute atomic E-state index is 12.1. The smallest absolute Gasteiger partial charge is 0.316 e. The van der Waals surface area contributed by atoms with Crippen LogP contribution in [0.15, 0.2) is 29.3 Å². The number of carbonyl (C=O) groups excluding carboxylic acids is 2. The zero-order chi connectivity index (χ0) is 20.3. The molecular weight excluding hydrogens is 394 g/mol. The number of aromatic nitrogens is 2. The summed E-state index contributed by atoms with van der Waals surface area (Å²) in [5, 5.41) is 4.46. The van der Waals surface area contributed by atoms with Crippen LogP contribution in [0, 0.1) is 27.7 Å². The van der Waals surface area contributed by atoms with Crippen molar-refractivity contribution >= 4 is 50.9 Å². The second-order valence-electron chi connectivity index (χ2n) is 6.40. The number of anilines is 1. The molecule has 0 aliphatic heterocycles. The van der Waals surface area contributed by atoms with Gasteiger partial charge in [-0.15, -0.1) is 11.3 Å². The number of thiophene rings is 1. The minimum atomic E-state index is -0.460. The van der Waals surface area contributed by atoms with Gasteiger partial charge in [0.1, 0.15) is 15.7 Å². The molecule has 2 heterocycles. The van der Waals surface area contributed by atoms with Crippen molar-refractivity contribution in [3.63, 3.8) is 0 Å². The molecule has 2 aromatic heterocycles. The quantitative estimate of drug-likeness (QED) is 0.369. The van der Waals surface area contributed by atoms with Gasteiger partial charge in [0.25, 0.3) is 5.91 Å². The molecule has 0 fully saturated rings. The van der Waals surface area contributed by atoms with E-state index in [1.54, 1.807) is 23.5 Å². The number of benzene rings is 1. The molecule has 0 aliphatic rings. The lowest BCUT2D eigenvalue weighted by atomic mass is 10.2. The maximum Gasteiger partial charge on any atom is 0.316 e. The van der Waals surface area contributed by atoms with Crippen LogP contribution in [0.3, 0.4) is 0 Å². The molecule has 3 aromatic rings. The molecule has 0 spiro atoms. The van der Waals surface area contributed by atoms with E-state index in [1.807, 2.05) is 39.8 Å². The molecule has 0 unspecified atom stereocenters. The van der Waals surface area contributed by atoms with E-state index in [1.165, 1.54) is 16.6 Å². The highest BCUT2D eigenvalue weighted by molar-refractivity contribution is 8.00. The highest BCUT2D eigenvalue weighted by Crippen LogP contribution is 2.35. The van der Waals surface area contributed by atoms with Crippen molar-refractivity contribution in [1.29, 1.82) is 0 Å². The average molecular weight is 416 g/mol. The Morgan fingerprint density at radius 1 is 1.11 bits per heavy atom. The molecule has 0 saturated heterocycles. The third-order valence-corrected chi connectivity index (χ3v) is 6.18. The van der Waals surface area contributed by atoms with Crippen molar-refractivity contribution in [3.05, 3.63) is 46.1 Å². The van der Waals surface area contributed by atoms with E-state index < -0.39 is 5.97 Å². The number of rotatable bonds is 6. The Bertz CT molecular complexity index is 1030. The molecule has 0 atom stereocenters. The van der Waals surface area contributed by atoms with Crippen molar-refractivity contribution in [2.75, 3.05) is 17.7 Å². The van der Waals surface area contributed by atoms with Crippen LogP contribution >= 0.6 is 23.1 Å². The lowest BCUT2D eigenvalue weighted by Gasteiger charge is -2.07. The second-order valence-corrected chi connectivity index (χ2v) is 8.57. The van der Waals surface area contributed by atoms with E-state index in [0.717, 1.165) is 26.4 Å². The van der Waals surface area contributed by atoms with E-state index in [9.17, 15) is 9.59 Å². The molecule has 28 heavy (non-hydrogen) atoms. The van der Waals surface area contributed by atoms with Crippen molar-refractivity contribution in [1.82, 2.24) is 9.97 Å². The van der Waals surface area contributed by atoms with Gasteiger partial charge in [-0.1, -0.05) is 29.5 Å². The largest absolute Gasteiger partial charge is 0.455 e. The first-order valence-electron chi connectivity index (χ1n) is 8.72. The van der Waals surface area contributed by atoms with Crippen molar-refractivity contribution in [3.8, 4) is 0 Å². The number of hydrogen-bond donors (Lipinski definition) is 1. The van der Waals surface area contributed by atoms with Gasteiger partial charge in [-0.2, -0.15) is 0 Å². The molecule has 0 saturated carbocycles. The van der Waals surface area contributed by atoms with Crippen molar-refractivity contribution < 1.29 is 14.3 Å². The molecule has 3 rings (SSSR count). The summed E-state index contributed by atoms with van der Waals surface area (Å²) >= 11 is 2.93. The van der Waals surface area contributed by atoms with Crippen LogP contribution in [0.5, 0.6) is 0 Å². The van der Waals surface area contributed by atoms with Gasteiger partial charge in [0.05, 0.1) is 5.75 Å². The normalized spacial score (nSPS) is 10.9.